The van der Waals surface area contributed by atoms with E-state index in [1.165, 1.54) is 7.11 Å². The molecule has 0 bridgehead atoms. The monoisotopic (exact) mass is 277 g/mol. The van der Waals surface area contributed by atoms with Crippen molar-refractivity contribution in [3.8, 4) is 0 Å². The van der Waals surface area contributed by atoms with Crippen LogP contribution in [0.4, 0.5) is 5.82 Å². The minimum absolute atomic E-state index is 0.183. The van der Waals surface area contributed by atoms with E-state index in [-0.39, 0.29) is 12.0 Å². The second-order valence-corrected chi connectivity index (χ2v) is 5.55. The Morgan fingerprint density at radius 1 is 1.53 bits per heavy atom. The molecule has 3 heterocycles. The molecular weight excluding hydrogens is 262 g/mol. The summed E-state index contributed by atoms with van der Waals surface area (Å²) < 4.78 is 5.93. The number of fused-ring (bicyclic) bond motifs is 1. The van der Waals surface area contributed by atoms with Gasteiger partial charge in [-0.25, -0.2) is 14.8 Å². The van der Waals surface area contributed by atoms with Gasteiger partial charge >= 0.3 is 5.97 Å². The van der Waals surface area contributed by atoms with Gasteiger partial charge in [-0.15, -0.1) is 11.3 Å². The van der Waals surface area contributed by atoms with Crippen LogP contribution in [0.5, 0.6) is 0 Å². The summed E-state index contributed by atoms with van der Waals surface area (Å²) in [5.74, 6) is 0.675. The summed E-state index contributed by atoms with van der Waals surface area (Å²) in [5, 5.41) is 2.08. The molecule has 1 saturated heterocycles. The highest BCUT2D eigenvalue weighted by Crippen LogP contribution is 2.34. The summed E-state index contributed by atoms with van der Waals surface area (Å²) >= 11 is 1.63. The van der Waals surface area contributed by atoms with Crippen molar-refractivity contribution in [2.24, 2.45) is 0 Å². The summed E-state index contributed by atoms with van der Waals surface area (Å²) in [7, 11) is 1.43. The van der Waals surface area contributed by atoms with Crippen molar-refractivity contribution < 1.29 is 9.53 Å². The van der Waals surface area contributed by atoms with Crippen LogP contribution in [0, 0.1) is 6.92 Å². The summed E-state index contributed by atoms with van der Waals surface area (Å²) in [6, 6.07) is -0.217. The Morgan fingerprint density at radius 3 is 3.16 bits per heavy atom. The lowest BCUT2D eigenvalue weighted by molar-refractivity contribution is -0.141. The van der Waals surface area contributed by atoms with Gasteiger partial charge in [0.15, 0.2) is 5.82 Å². The molecule has 0 radical (unpaired) electrons. The molecule has 0 aliphatic carbocycles. The first-order valence-electron chi connectivity index (χ1n) is 6.25. The standard InChI is InChI=1S/C13H15N3O2S/c1-8-6-19-11-10(8)14-7-15-12(11)16-5-3-4-9(16)13(17)18-2/h6-7,9H,3-5H2,1-2H3. The van der Waals surface area contributed by atoms with Crippen molar-refractivity contribution in [1.82, 2.24) is 9.97 Å². The highest BCUT2D eigenvalue weighted by Gasteiger charge is 2.33. The molecule has 0 saturated carbocycles. The molecule has 5 nitrogen and oxygen atoms in total. The number of carbonyl (C=O) groups excluding carboxylic acids is 1. The molecule has 1 aliphatic rings. The van der Waals surface area contributed by atoms with Crippen LogP contribution in [0.1, 0.15) is 18.4 Å². The fraction of sp³-hybridized carbons (Fsp3) is 0.462. The van der Waals surface area contributed by atoms with E-state index in [2.05, 4.69) is 15.3 Å². The van der Waals surface area contributed by atoms with Gasteiger partial charge in [0.25, 0.3) is 0 Å². The van der Waals surface area contributed by atoms with Crippen molar-refractivity contribution in [3.63, 3.8) is 0 Å². The number of nitrogens with zero attached hydrogens (tertiary/aromatic N) is 3. The van der Waals surface area contributed by atoms with E-state index in [4.69, 9.17) is 4.74 Å². The molecule has 1 fully saturated rings. The predicted octanol–water partition coefficient (Wildman–Crippen LogP) is 2.14. The lowest BCUT2D eigenvalue weighted by Crippen LogP contribution is -2.37. The number of aromatic nitrogens is 2. The van der Waals surface area contributed by atoms with Crippen LogP contribution in [0.2, 0.25) is 0 Å². The number of anilines is 1. The Kier molecular flexibility index (Phi) is 3.10. The fourth-order valence-electron chi connectivity index (χ4n) is 2.56. The zero-order chi connectivity index (χ0) is 13.4. The molecule has 2 aromatic rings. The third-order valence-electron chi connectivity index (χ3n) is 3.51. The lowest BCUT2D eigenvalue weighted by atomic mass is 10.2. The zero-order valence-corrected chi connectivity index (χ0v) is 11.7. The average molecular weight is 277 g/mol. The normalized spacial score (nSPS) is 19.1. The molecule has 2 aromatic heterocycles. The van der Waals surface area contributed by atoms with Crippen molar-refractivity contribution in [3.05, 3.63) is 17.3 Å². The van der Waals surface area contributed by atoms with E-state index in [9.17, 15) is 4.79 Å². The van der Waals surface area contributed by atoms with Crippen LogP contribution in [-0.4, -0.2) is 35.6 Å². The summed E-state index contributed by atoms with van der Waals surface area (Å²) in [4.78, 5) is 22.6. The van der Waals surface area contributed by atoms with Crippen LogP contribution in [-0.2, 0) is 9.53 Å². The molecule has 1 unspecified atom stereocenters. The molecule has 0 spiro atoms. The van der Waals surface area contributed by atoms with Crippen molar-refractivity contribution in [2.45, 2.75) is 25.8 Å². The second kappa shape index (κ2) is 4.77. The Bertz CT molecular complexity index is 625. The van der Waals surface area contributed by atoms with E-state index in [1.54, 1.807) is 17.7 Å². The van der Waals surface area contributed by atoms with E-state index < -0.39 is 0 Å². The molecule has 3 rings (SSSR count). The predicted molar refractivity (Wildman–Crippen MR) is 74.5 cm³/mol. The number of hydrogen-bond donors (Lipinski definition) is 0. The van der Waals surface area contributed by atoms with Gasteiger partial charge in [-0.1, -0.05) is 0 Å². The molecular formula is C13H15N3O2S. The first-order valence-corrected chi connectivity index (χ1v) is 7.13. The SMILES string of the molecule is COC(=O)C1CCCN1c1ncnc2c(C)csc12. The second-order valence-electron chi connectivity index (χ2n) is 4.67. The van der Waals surface area contributed by atoms with Crippen molar-refractivity contribution >= 4 is 33.3 Å². The maximum atomic E-state index is 11.8. The smallest absolute Gasteiger partial charge is 0.328 e. The Hall–Kier alpha value is -1.69. The van der Waals surface area contributed by atoms with Crippen LogP contribution in [0.15, 0.2) is 11.7 Å². The van der Waals surface area contributed by atoms with Crippen LogP contribution < -0.4 is 4.90 Å². The number of aryl methyl sites for hydroxylation is 1. The third kappa shape index (κ3) is 1.96. The van der Waals surface area contributed by atoms with Gasteiger partial charge in [0.05, 0.1) is 17.3 Å². The number of hydrogen-bond acceptors (Lipinski definition) is 6. The summed E-state index contributed by atoms with van der Waals surface area (Å²) in [6.45, 7) is 2.88. The highest BCUT2D eigenvalue weighted by molar-refractivity contribution is 7.18. The Balaban J connectivity index is 2.06. The summed E-state index contributed by atoms with van der Waals surface area (Å²) in [6.07, 6.45) is 3.38. The number of esters is 1. The maximum Gasteiger partial charge on any atom is 0.328 e. The highest BCUT2D eigenvalue weighted by atomic mass is 32.1. The van der Waals surface area contributed by atoms with Gasteiger partial charge in [0, 0.05) is 6.54 Å². The molecule has 19 heavy (non-hydrogen) atoms. The summed E-state index contributed by atoms with van der Waals surface area (Å²) in [5.41, 5.74) is 2.13. The zero-order valence-electron chi connectivity index (χ0n) is 10.9. The van der Waals surface area contributed by atoms with Gasteiger partial charge in [-0.3, -0.25) is 0 Å². The first kappa shape index (κ1) is 12.3. The number of ether oxygens (including phenoxy) is 1. The molecule has 0 N–H and O–H groups in total. The van der Waals surface area contributed by atoms with Crippen molar-refractivity contribution in [1.29, 1.82) is 0 Å². The molecule has 1 atom stereocenters. The molecule has 0 aromatic carbocycles. The van der Waals surface area contributed by atoms with E-state index in [0.29, 0.717) is 0 Å². The topological polar surface area (TPSA) is 55.3 Å². The quantitative estimate of drug-likeness (QED) is 0.787. The lowest BCUT2D eigenvalue weighted by Gasteiger charge is -2.23. The first-order chi connectivity index (χ1) is 9.22. The third-order valence-corrected chi connectivity index (χ3v) is 4.59. The minimum Gasteiger partial charge on any atom is -0.467 e. The van der Waals surface area contributed by atoms with Gasteiger partial charge in [0.1, 0.15) is 12.4 Å². The maximum absolute atomic E-state index is 11.8. The van der Waals surface area contributed by atoms with Crippen molar-refractivity contribution in [2.75, 3.05) is 18.6 Å². The van der Waals surface area contributed by atoms with E-state index >= 15 is 0 Å². The van der Waals surface area contributed by atoms with E-state index in [0.717, 1.165) is 41.0 Å². The van der Waals surface area contributed by atoms with Crippen LogP contribution >= 0.6 is 11.3 Å². The van der Waals surface area contributed by atoms with Crippen LogP contribution in [0.3, 0.4) is 0 Å². The Morgan fingerprint density at radius 2 is 2.37 bits per heavy atom. The van der Waals surface area contributed by atoms with Gasteiger partial charge in [-0.05, 0) is 30.7 Å². The van der Waals surface area contributed by atoms with E-state index in [1.807, 2.05) is 11.8 Å². The Labute approximate surface area is 115 Å². The minimum atomic E-state index is -0.217. The molecule has 1 aliphatic heterocycles. The molecule has 100 valence electrons. The average Bonchev–Trinajstić information content (AvgIpc) is 3.05. The number of thiophene rings is 1. The van der Waals surface area contributed by atoms with Gasteiger partial charge in [-0.2, -0.15) is 0 Å². The fourth-order valence-corrected chi connectivity index (χ4v) is 3.57. The van der Waals surface area contributed by atoms with Crippen LogP contribution in [0.25, 0.3) is 10.2 Å². The largest absolute Gasteiger partial charge is 0.467 e. The number of rotatable bonds is 2. The number of carbonyl (C=O) groups is 1. The number of methoxy groups -OCH3 is 1. The van der Waals surface area contributed by atoms with Gasteiger partial charge in [0.2, 0.25) is 0 Å². The van der Waals surface area contributed by atoms with Gasteiger partial charge < -0.3 is 9.64 Å². The molecule has 0 amide bonds. The molecule has 6 heteroatoms.